The van der Waals surface area contributed by atoms with E-state index in [9.17, 15) is 4.79 Å². The van der Waals surface area contributed by atoms with Crippen LogP contribution < -0.4 is 14.4 Å². The molecule has 1 amide bonds. The lowest BCUT2D eigenvalue weighted by molar-refractivity contribution is -0.113. The number of benzene rings is 3. The minimum Gasteiger partial charge on any atom is -0.490 e. The highest BCUT2D eigenvalue weighted by Crippen LogP contribution is 2.40. The number of hydrogen-bond donors (Lipinski definition) is 0. The van der Waals surface area contributed by atoms with Gasteiger partial charge in [-0.1, -0.05) is 65.9 Å². The summed E-state index contributed by atoms with van der Waals surface area (Å²) in [7, 11) is 0. The Kier molecular flexibility index (Phi) is 7.95. The lowest BCUT2D eigenvalue weighted by Crippen LogP contribution is -2.27. The van der Waals surface area contributed by atoms with Gasteiger partial charge in [-0.15, -0.1) is 0 Å². The van der Waals surface area contributed by atoms with Crippen LogP contribution >= 0.6 is 58.2 Å². The molecule has 0 bridgehead atoms. The summed E-state index contributed by atoms with van der Waals surface area (Å²) in [6.45, 7) is 2.72. The fourth-order valence-corrected chi connectivity index (χ4v) is 5.16. The molecule has 0 saturated carbocycles. The second-order valence-electron chi connectivity index (χ2n) is 7.03. The van der Waals surface area contributed by atoms with E-state index in [1.54, 1.807) is 12.1 Å². The highest BCUT2D eigenvalue weighted by molar-refractivity contribution is 14.1. The summed E-state index contributed by atoms with van der Waals surface area (Å²) >= 11 is 15.6. The molecule has 0 N–H and O–H groups in total. The van der Waals surface area contributed by atoms with Gasteiger partial charge in [-0.25, -0.2) is 0 Å². The summed E-state index contributed by atoms with van der Waals surface area (Å²) in [4.78, 5) is 15.1. The van der Waals surface area contributed by atoms with Crippen LogP contribution in [0.25, 0.3) is 6.08 Å². The first-order valence-corrected chi connectivity index (χ1v) is 12.8. The number of hydrogen-bond acceptors (Lipinski definition) is 5. The maximum Gasteiger partial charge on any atom is 0.270 e. The smallest absolute Gasteiger partial charge is 0.270 e. The Labute approximate surface area is 221 Å². The van der Waals surface area contributed by atoms with Gasteiger partial charge in [0.1, 0.15) is 6.61 Å². The lowest BCUT2D eigenvalue weighted by atomic mass is 10.1. The molecule has 8 heteroatoms. The normalized spacial score (nSPS) is 14.8. The minimum absolute atomic E-state index is 0.163. The molecule has 1 aliphatic rings. The molecule has 33 heavy (non-hydrogen) atoms. The van der Waals surface area contributed by atoms with Crippen LogP contribution in [-0.4, -0.2) is 16.8 Å². The quantitative estimate of drug-likeness (QED) is 0.160. The molecule has 168 valence electrons. The first-order chi connectivity index (χ1) is 16.0. The van der Waals surface area contributed by atoms with E-state index in [4.69, 9.17) is 33.3 Å². The fourth-order valence-electron chi connectivity index (χ4n) is 3.23. The van der Waals surface area contributed by atoms with Gasteiger partial charge in [0.15, 0.2) is 15.8 Å². The van der Waals surface area contributed by atoms with Crippen molar-refractivity contribution in [2.75, 3.05) is 11.5 Å². The summed E-state index contributed by atoms with van der Waals surface area (Å²) in [6.07, 6.45) is 1.78. The van der Waals surface area contributed by atoms with Crippen LogP contribution in [0.15, 0.2) is 71.6 Å². The second kappa shape index (κ2) is 10.9. The van der Waals surface area contributed by atoms with Crippen LogP contribution in [-0.2, 0) is 11.4 Å². The summed E-state index contributed by atoms with van der Waals surface area (Å²) in [6, 6.07) is 21.0. The van der Waals surface area contributed by atoms with Crippen LogP contribution in [0.2, 0.25) is 5.02 Å². The van der Waals surface area contributed by atoms with E-state index < -0.39 is 0 Å². The Morgan fingerprint density at radius 2 is 1.82 bits per heavy atom. The van der Waals surface area contributed by atoms with Crippen LogP contribution in [0.5, 0.6) is 11.5 Å². The van der Waals surface area contributed by atoms with E-state index >= 15 is 0 Å². The van der Waals surface area contributed by atoms with Crippen molar-refractivity contribution < 1.29 is 14.3 Å². The highest BCUT2D eigenvalue weighted by atomic mass is 127. The summed E-state index contributed by atoms with van der Waals surface area (Å²) in [5.74, 6) is 0.843. The maximum atomic E-state index is 13.0. The molecule has 1 aliphatic heterocycles. The third kappa shape index (κ3) is 5.71. The molecular weight excluding hydrogens is 589 g/mol. The third-order valence-electron chi connectivity index (χ3n) is 4.73. The predicted molar refractivity (Wildman–Crippen MR) is 148 cm³/mol. The van der Waals surface area contributed by atoms with Gasteiger partial charge in [0.25, 0.3) is 5.91 Å². The summed E-state index contributed by atoms with van der Waals surface area (Å²) in [5.41, 5.74) is 2.51. The van der Waals surface area contributed by atoms with E-state index in [-0.39, 0.29) is 5.91 Å². The summed E-state index contributed by atoms with van der Waals surface area (Å²) < 4.78 is 13.5. The van der Waals surface area contributed by atoms with E-state index in [0.29, 0.717) is 39.0 Å². The molecule has 0 unspecified atom stereocenters. The molecule has 3 aromatic rings. The first kappa shape index (κ1) is 24.1. The van der Waals surface area contributed by atoms with Crippen molar-refractivity contribution in [3.8, 4) is 11.5 Å². The van der Waals surface area contributed by atoms with Crippen molar-refractivity contribution in [2.24, 2.45) is 0 Å². The topological polar surface area (TPSA) is 38.8 Å². The number of rotatable bonds is 7. The van der Waals surface area contributed by atoms with E-state index in [1.165, 1.54) is 16.7 Å². The lowest BCUT2D eigenvalue weighted by Gasteiger charge is -2.15. The number of nitrogens with zero attached hydrogens (tertiary/aromatic N) is 1. The molecule has 3 aromatic carbocycles. The molecule has 1 saturated heterocycles. The number of thioether (sulfide) groups is 1. The van der Waals surface area contributed by atoms with Gasteiger partial charge in [-0.2, -0.15) is 0 Å². The van der Waals surface area contributed by atoms with Gasteiger partial charge in [0.2, 0.25) is 0 Å². The molecule has 0 radical (unpaired) electrons. The van der Waals surface area contributed by atoms with Crippen molar-refractivity contribution >= 4 is 80.2 Å². The average Bonchev–Trinajstić information content (AvgIpc) is 3.08. The van der Waals surface area contributed by atoms with Crippen molar-refractivity contribution in [3.05, 3.63) is 91.4 Å². The van der Waals surface area contributed by atoms with Crippen LogP contribution in [0.1, 0.15) is 18.1 Å². The minimum atomic E-state index is -0.163. The predicted octanol–water partition coefficient (Wildman–Crippen LogP) is 7.33. The Hall–Kier alpha value is -2.07. The Morgan fingerprint density at radius 3 is 2.52 bits per heavy atom. The van der Waals surface area contributed by atoms with Gasteiger partial charge in [-0.05, 0) is 83.1 Å². The molecule has 0 aliphatic carbocycles. The van der Waals surface area contributed by atoms with Crippen LogP contribution in [0.3, 0.4) is 0 Å². The number of carbonyl (C=O) groups is 1. The molecule has 4 rings (SSSR count). The van der Waals surface area contributed by atoms with Crippen LogP contribution in [0, 0.1) is 3.57 Å². The summed E-state index contributed by atoms with van der Waals surface area (Å²) in [5, 5.41) is 0.413. The Bertz CT molecular complexity index is 1220. The number of para-hydroxylation sites is 1. The number of amides is 1. The SMILES string of the molecule is CCOc1cc(/C=C2/SC(=S)N(c3ccccc3)C2=O)cc(Cl)c1OCc1ccc(I)cc1. The fraction of sp³-hybridized carbons (Fsp3) is 0.120. The Morgan fingerprint density at radius 1 is 1.09 bits per heavy atom. The number of carbonyl (C=O) groups excluding carboxylic acids is 1. The zero-order valence-corrected chi connectivity index (χ0v) is 22.1. The van der Waals surface area contributed by atoms with Crippen molar-refractivity contribution in [1.29, 1.82) is 0 Å². The second-order valence-corrected chi connectivity index (χ2v) is 10.4. The largest absolute Gasteiger partial charge is 0.490 e. The highest BCUT2D eigenvalue weighted by Gasteiger charge is 2.33. The van der Waals surface area contributed by atoms with E-state index in [0.717, 1.165) is 20.4 Å². The molecule has 4 nitrogen and oxygen atoms in total. The van der Waals surface area contributed by atoms with Gasteiger partial charge >= 0.3 is 0 Å². The molecular formula is C25H19ClINO3S2. The zero-order chi connectivity index (χ0) is 23.4. The zero-order valence-electron chi connectivity index (χ0n) is 17.6. The standard InChI is InChI=1S/C25H19ClINO3S2/c1-2-30-21-13-17(12-20(26)23(21)31-15-16-8-10-18(27)11-9-16)14-22-24(29)28(25(32)33-22)19-6-4-3-5-7-19/h3-14H,2,15H2,1H3/b22-14+. The number of thiocarbonyl (C=S) groups is 1. The number of halogens is 2. The van der Waals surface area contributed by atoms with E-state index in [1.807, 2.05) is 67.6 Å². The molecule has 0 aromatic heterocycles. The van der Waals surface area contributed by atoms with Crippen molar-refractivity contribution in [3.63, 3.8) is 0 Å². The number of anilines is 1. The molecule has 1 heterocycles. The maximum absolute atomic E-state index is 13.0. The monoisotopic (exact) mass is 607 g/mol. The first-order valence-electron chi connectivity index (χ1n) is 10.1. The van der Waals surface area contributed by atoms with Crippen LogP contribution in [0.4, 0.5) is 5.69 Å². The van der Waals surface area contributed by atoms with Crippen molar-refractivity contribution in [1.82, 2.24) is 0 Å². The van der Waals surface area contributed by atoms with Crippen molar-refractivity contribution in [2.45, 2.75) is 13.5 Å². The van der Waals surface area contributed by atoms with Gasteiger partial charge in [0, 0.05) is 3.57 Å². The molecule has 1 fully saturated rings. The van der Waals surface area contributed by atoms with Gasteiger partial charge in [0.05, 0.1) is 22.2 Å². The van der Waals surface area contributed by atoms with Gasteiger partial charge in [-0.3, -0.25) is 9.69 Å². The third-order valence-corrected chi connectivity index (χ3v) is 7.04. The Balaban J connectivity index is 1.59. The van der Waals surface area contributed by atoms with E-state index in [2.05, 4.69) is 22.6 Å². The average molecular weight is 608 g/mol. The number of ether oxygens (including phenoxy) is 2. The molecule has 0 spiro atoms. The molecule has 0 atom stereocenters. The van der Waals surface area contributed by atoms with Gasteiger partial charge < -0.3 is 9.47 Å².